The number of nitrogens with one attached hydrogen (secondary N) is 1. The van der Waals surface area contributed by atoms with Crippen molar-refractivity contribution in [3.05, 3.63) is 40.0 Å². The number of halogens is 1. The summed E-state index contributed by atoms with van der Waals surface area (Å²) in [5, 5.41) is 13.4. The molecular weight excluding hydrogens is 338 g/mol. The van der Waals surface area contributed by atoms with Crippen LogP contribution in [0.2, 0.25) is 5.02 Å². The Hall–Kier alpha value is -1.99. The molecule has 0 amide bonds. The fourth-order valence-electron chi connectivity index (χ4n) is 2.03. The van der Waals surface area contributed by atoms with Crippen molar-refractivity contribution in [2.24, 2.45) is 0 Å². The van der Waals surface area contributed by atoms with Gasteiger partial charge in [-0.2, -0.15) is 0 Å². The molecule has 0 saturated carbocycles. The van der Waals surface area contributed by atoms with E-state index in [1.807, 2.05) is 12.3 Å². The van der Waals surface area contributed by atoms with Crippen molar-refractivity contribution in [1.82, 2.24) is 9.97 Å². The highest BCUT2D eigenvalue weighted by molar-refractivity contribution is 7.98. The minimum atomic E-state index is -1.06. The maximum atomic E-state index is 11.4. The number of aryl methyl sites for hydroxylation is 1. The number of carbonyl (C=O) groups is 1. The normalized spacial score (nSPS) is 10.4. The molecular formula is C15H16ClN3O3S. The summed E-state index contributed by atoms with van der Waals surface area (Å²) < 4.78 is 5.11. The minimum absolute atomic E-state index is 0.0717. The molecule has 0 aliphatic heterocycles. The second-order valence-electron chi connectivity index (χ2n) is 4.65. The van der Waals surface area contributed by atoms with Crippen LogP contribution in [0.25, 0.3) is 0 Å². The highest BCUT2D eigenvalue weighted by atomic mass is 35.5. The number of rotatable bonds is 6. The quantitative estimate of drug-likeness (QED) is 0.607. The highest BCUT2D eigenvalue weighted by Crippen LogP contribution is 2.26. The summed E-state index contributed by atoms with van der Waals surface area (Å²) in [4.78, 5) is 19.8. The van der Waals surface area contributed by atoms with Crippen molar-refractivity contribution < 1.29 is 14.6 Å². The van der Waals surface area contributed by atoms with Crippen LogP contribution in [0.5, 0.6) is 5.75 Å². The molecule has 23 heavy (non-hydrogen) atoms. The zero-order valence-electron chi connectivity index (χ0n) is 12.9. The Bertz CT molecular complexity index is 740. The summed E-state index contributed by atoms with van der Waals surface area (Å²) >= 11 is 7.44. The van der Waals surface area contributed by atoms with Gasteiger partial charge in [-0.15, -0.1) is 0 Å². The molecule has 0 aliphatic carbocycles. The van der Waals surface area contributed by atoms with Crippen LogP contribution < -0.4 is 10.1 Å². The Morgan fingerprint density at radius 3 is 2.74 bits per heavy atom. The summed E-state index contributed by atoms with van der Waals surface area (Å²) in [5.74, 6) is -0.184. The number of carboxylic acid groups (broad SMARTS) is 1. The number of aromatic nitrogens is 2. The van der Waals surface area contributed by atoms with Crippen LogP contribution in [0, 0.1) is 6.92 Å². The molecule has 2 aromatic rings. The van der Waals surface area contributed by atoms with Gasteiger partial charge in [0.15, 0.2) is 5.16 Å². The maximum absolute atomic E-state index is 11.4. The number of ether oxygens (including phenoxy) is 1. The van der Waals surface area contributed by atoms with E-state index in [9.17, 15) is 9.90 Å². The Morgan fingerprint density at radius 2 is 2.17 bits per heavy atom. The lowest BCUT2D eigenvalue weighted by Crippen LogP contribution is -2.12. The number of nitrogens with zero attached hydrogens (tertiary/aromatic N) is 2. The van der Waals surface area contributed by atoms with E-state index >= 15 is 0 Å². The fraction of sp³-hybridized carbons (Fsp3) is 0.267. The van der Waals surface area contributed by atoms with E-state index in [1.165, 1.54) is 11.8 Å². The zero-order valence-corrected chi connectivity index (χ0v) is 14.5. The number of aromatic carboxylic acids is 1. The lowest BCUT2D eigenvalue weighted by Gasteiger charge is -2.12. The Morgan fingerprint density at radius 1 is 1.43 bits per heavy atom. The third-order valence-electron chi connectivity index (χ3n) is 3.14. The maximum Gasteiger partial charge on any atom is 0.341 e. The van der Waals surface area contributed by atoms with Crippen LogP contribution in [-0.4, -0.2) is 34.4 Å². The summed E-state index contributed by atoms with van der Waals surface area (Å²) in [5.41, 5.74) is 1.38. The molecule has 0 aliphatic rings. The number of carboxylic acids is 1. The number of thioether (sulfide) groups is 1. The molecule has 1 aromatic heterocycles. The minimum Gasteiger partial charge on any atom is -0.495 e. The summed E-state index contributed by atoms with van der Waals surface area (Å²) in [6, 6.07) is 5.37. The van der Waals surface area contributed by atoms with Crippen LogP contribution in [0.15, 0.2) is 23.4 Å². The van der Waals surface area contributed by atoms with Gasteiger partial charge in [0.1, 0.15) is 17.1 Å². The van der Waals surface area contributed by atoms with Crippen molar-refractivity contribution in [1.29, 1.82) is 0 Å². The summed E-state index contributed by atoms with van der Waals surface area (Å²) in [6.45, 7) is 2.04. The van der Waals surface area contributed by atoms with Crippen molar-refractivity contribution in [2.45, 2.75) is 18.6 Å². The summed E-state index contributed by atoms with van der Waals surface area (Å²) in [7, 11) is 1.55. The van der Waals surface area contributed by atoms with Crippen LogP contribution in [0.3, 0.4) is 0 Å². The van der Waals surface area contributed by atoms with Gasteiger partial charge in [-0.3, -0.25) is 0 Å². The first-order chi connectivity index (χ1) is 11.0. The van der Waals surface area contributed by atoms with E-state index in [0.29, 0.717) is 34.0 Å². The van der Waals surface area contributed by atoms with Gasteiger partial charge < -0.3 is 15.2 Å². The van der Waals surface area contributed by atoms with Crippen LogP contribution >= 0.6 is 23.4 Å². The van der Waals surface area contributed by atoms with Gasteiger partial charge >= 0.3 is 5.97 Å². The Labute approximate surface area is 143 Å². The van der Waals surface area contributed by atoms with Gasteiger partial charge in [-0.05, 0) is 30.9 Å². The van der Waals surface area contributed by atoms with Crippen molar-refractivity contribution in [3.63, 3.8) is 0 Å². The number of benzene rings is 1. The summed E-state index contributed by atoms with van der Waals surface area (Å²) in [6.07, 6.45) is 1.84. The van der Waals surface area contributed by atoms with E-state index < -0.39 is 5.97 Å². The number of hydrogen-bond donors (Lipinski definition) is 2. The third-order valence-corrected chi connectivity index (χ3v) is 3.99. The lowest BCUT2D eigenvalue weighted by molar-refractivity contribution is 0.0696. The van der Waals surface area contributed by atoms with Crippen LogP contribution in [-0.2, 0) is 6.54 Å². The van der Waals surface area contributed by atoms with Gasteiger partial charge in [0.2, 0.25) is 0 Å². The molecule has 8 heteroatoms. The van der Waals surface area contributed by atoms with Crippen molar-refractivity contribution >= 4 is 35.1 Å². The molecule has 0 radical (unpaired) electrons. The first kappa shape index (κ1) is 17.4. The lowest BCUT2D eigenvalue weighted by atomic mass is 10.2. The van der Waals surface area contributed by atoms with Gasteiger partial charge in [-0.1, -0.05) is 29.4 Å². The third kappa shape index (κ3) is 4.05. The second-order valence-corrected chi connectivity index (χ2v) is 5.83. The molecule has 122 valence electrons. The fourth-order valence-corrected chi connectivity index (χ4v) is 2.72. The molecule has 0 saturated heterocycles. The van der Waals surface area contributed by atoms with E-state index in [-0.39, 0.29) is 5.56 Å². The molecule has 0 spiro atoms. The zero-order chi connectivity index (χ0) is 17.0. The van der Waals surface area contributed by atoms with Gasteiger partial charge in [0, 0.05) is 6.54 Å². The van der Waals surface area contributed by atoms with E-state index in [0.717, 1.165) is 5.56 Å². The predicted molar refractivity (Wildman–Crippen MR) is 90.8 cm³/mol. The number of hydrogen-bond acceptors (Lipinski definition) is 6. The topological polar surface area (TPSA) is 84.3 Å². The highest BCUT2D eigenvalue weighted by Gasteiger charge is 2.17. The van der Waals surface area contributed by atoms with Gasteiger partial charge in [0.25, 0.3) is 0 Å². The first-order valence-corrected chi connectivity index (χ1v) is 8.28. The predicted octanol–water partition coefficient (Wildman–Crippen LogP) is 3.48. The van der Waals surface area contributed by atoms with Gasteiger partial charge in [-0.25, -0.2) is 14.8 Å². The standard InChI is InChI=1S/C15H16ClN3O3S/c1-8-12(14(20)21)13(19-15(18-8)23-3)17-7-9-4-5-11(22-2)10(16)6-9/h4-6H,7H2,1-3H3,(H,20,21)(H,17,18,19). The second kappa shape index (κ2) is 7.52. The molecule has 1 heterocycles. The molecule has 2 rings (SSSR count). The molecule has 0 bridgehead atoms. The van der Waals surface area contributed by atoms with Crippen molar-refractivity contribution in [2.75, 3.05) is 18.7 Å². The van der Waals surface area contributed by atoms with Crippen molar-refractivity contribution in [3.8, 4) is 5.75 Å². The Balaban J connectivity index is 2.27. The monoisotopic (exact) mass is 353 g/mol. The SMILES string of the molecule is COc1ccc(CNc2nc(SC)nc(C)c2C(=O)O)cc1Cl. The van der Waals surface area contributed by atoms with E-state index in [4.69, 9.17) is 16.3 Å². The van der Waals surface area contributed by atoms with E-state index in [2.05, 4.69) is 15.3 Å². The Kier molecular flexibility index (Phi) is 5.68. The molecule has 6 nitrogen and oxygen atoms in total. The average Bonchev–Trinajstić information content (AvgIpc) is 2.51. The van der Waals surface area contributed by atoms with Crippen LogP contribution in [0.4, 0.5) is 5.82 Å². The number of methoxy groups -OCH3 is 1. The van der Waals surface area contributed by atoms with Crippen LogP contribution in [0.1, 0.15) is 21.6 Å². The molecule has 0 fully saturated rings. The number of anilines is 1. The molecule has 2 N–H and O–H groups in total. The van der Waals surface area contributed by atoms with E-state index in [1.54, 1.807) is 26.2 Å². The van der Waals surface area contributed by atoms with Gasteiger partial charge in [0.05, 0.1) is 17.8 Å². The molecule has 0 atom stereocenters. The average molecular weight is 354 g/mol. The molecule has 0 unspecified atom stereocenters. The smallest absolute Gasteiger partial charge is 0.341 e. The molecule has 1 aromatic carbocycles. The largest absolute Gasteiger partial charge is 0.495 e. The first-order valence-electron chi connectivity index (χ1n) is 6.68.